The Hall–Kier alpha value is -1.10. The Bertz CT molecular complexity index is 383. The van der Waals surface area contributed by atoms with Gasteiger partial charge >= 0.3 is 5.97 Å². The Morgan fingerprint density at radius 2 is 1.90 bits per heavy atom. The zero-order valence-electron chi connectivity index (χ0n) is 12.7. The van der Waals surface area contributed by atoms with Crippen molar-refractivity contribution in [2.75, 3.05) is 27.2 Å². The first kappa shape index (κ1) is 15.3. The van der Waals surface area contributed by atoms with Gasteiger partial charge in [-0.25, -0.2) is 0 Å². The Morgan fingerprint density at radius 3 is 2.40 bits per heavy atom. The number of aliphatic carboxylic acids is 1. The number of amides is 1. The smallest absolute Gasteiger partial charge is 0.307 e. The molecule has 0 aromatic rings. The van der Waals surface area contributed by atoms with Crippen molar-refractivity contribution in [2.45, 2.75) is 38.6 Å². The molecular formula is C15H26N2O3. The first-order chi connectivity index (χ1) is 9.43. The van der Waals surface area contributed by atoms with E-state index in [0.717, 1.165) is 32.4 Å². The highest BCUT2D eigenvalue weighted by atomic mass is 16.4. The van der Waals surface area contributed by atoms with Gasteiger partial charge < -0.3 is 14.9 Å². The van der Waals surface area contributed by atoms with Crippen molar-refractivity contribution in [1.29, 1.82) is 0 Å². The van der Waals surface area contributed by atoms with E-state index in [2.05, 4.69) is 11.8 Å². The van der Waals surface area contributed by atoms with Crippen LogP contribution in [0.25, 0.3) is 0 Å². The summed E-state index contributed by atoms with van der Waals surface area (Å²) in [6.07, 6.45) is 3.36. The van der Waals surface area contributed by atoms with E-state index in [4.69, 9.17) is 0 Å². The van der Waals surface area contributed by atoms with Crippen LogP contribution in [0.5, 0.6) is 0 Å². The zero-order valence-corrected chi connectivity index (χ0v) is 12.7. The quantitative estimate of drug-likeness (QED) is 0.844. The summed E-state index contributed by atoms with van der Waals surface area (Å²) in [5.41, 5.74) is 0. The zero-order chi connectivity index (χ0) is 14.9. The molecule has 1 aliphatic carbocycles. The summed E-state index contributed by atoms with van der Waals surface area (Å²) in [5.74, 6) is -1.14. The molecule has 114 valence electrons. The highest BCUT2D eigenvalue weighted by molar-refractivity contribution is 5.85. The Labute approximate surface area is 120 Å². The third-order valence-electron chi connectivity index (χ3n) is 5.08. The van der Waals surface area contributed by atoms with E-state index in [1.165, 1.54) is 0 Å². The third-order valence-corrected chi connectivity index (χ3v) is 5.08. The first-order valence-electron chi connectivity index (χ1n) is 7.62. The fourth-order valence-corrected chi connectivity index (χ4v) is 3.62. The molecule has 2 rings (SSSR count). The maximum Gasteiger partial charge on any atom is 0.307 e. The predicted octanol–water partition coefficient (Wildman–Crippen LogP) is 1.29. The van der Waals surface area contributed by atoms with Crippen molar-refractivity contribution in [3.8, 4) is 0 Å². The standard InChI is InChI=1S/C15H26N2O3/c1-4-10-7-12(13(8-10)15(19)20)14(18)17-6-5-11(9-17)16(2)3/h10-13H,4-9H2,1-3H3,(H,19,20). The van der Waals surface area contributed by atoms with Crippen molar-refractivity contribution in [1.82, 2.24) is 9.80 Å². The molecule has 0 bridgehead atoms. The van der Waals surface area contributed by atoms with Crippen LogP contribution in [0.15, 0.2) is 0 Å². The van der Waals surface area contributed by atoms with Gasteiger partial charge in [-0.15, -0.1) is 0 Å². The predicted molar refractivity (Wildman–Crippen MR) is 76.3 cm³/mol. The number of carboxylic acid groups (broad SMARTS) is 1. The highest BCUT2D eigenvalue weighted by Gasteiger charge is 2.44. The molecule has 1 N–H and O–H groups in total. The van der Waals surface area contributed by atoms with Crippen LogP contribution >= 0.6 is 0 Å². The lowest BCUT2D eigenvalue weighted by Gasteiger charge is -2.24. The summed E-state index contributed by atoms with van der Waals surface area (Å²) in [6, 6.07) is 0.408. The number of hydrogen-bond acceptors (Lipinski definition) is 3. The number of likely N-dealkylation sites (N-methyl/N-ethyl adjacent to an activating group) is 1. The molecule has 20 heavy (non-hydrogen) atoms. The van der Waals surface area contributed by atoms with E-state index in [-0.39, 0.29) is 11.8 Å². The van der Waals surface area contributed by atoms with Crippen LogP contribution in [-0.2, 0) is 9.59 Å². The molecule has 2 fully saturated rings. The minimum atomic E-state index is -0.803. The normalized spacial score (nSPS) is 33.9. The van der Waals surface area contributed by atoms with Gasteiger partial charge in [0, 0.05) is 19.1 Å². The lowest BCUT2D eigenvalue weighted by molar-refractivity contribution is -0.148. The number of nitrogens with zero attached hydrogens (tertiary/aromatic N) is 2. The summed E-state index contributed by atoms with van der Waals surface area (Å²) in [4.78, 5) is 28.0. The van der Waals surface area contributed by atoms with Crippen LogP contribution in [0.2, 0.25) is 0 Å². The first-order valence-corrected chi connectivity index (χ1v) is 7.62. The molecule has 0 radical (unpaired) electrons. The van der Waals surface area contributed by atoms with Crippen molar-refractivity contribution in [3.63, 3.8) is 0 Å². The maximum absolute atomic E-state index is 12.6. The van der Waals surface area contributed by atoms with Crippen LogP contribution < -0.4 is 0 Å². The lowest BCUT2D eigenvalue weighted by Crippen LogP contribution is -2.40. The van der Waals surface area contributed by atoms with E-state index in [1.54, 1.807) is 0 Å². The summed E-state index contributed by atoms with van der Waals surface area (Å²) in [5, 5.41) is 9.35. The largest absolute Gasteiger partial charge is 0.481 e. The fraction of sp³-hybridized carbons (Fsp3) is 0.867. The second kappa shape index (κ2) is 6.12. The minimum absolute atomic E-state index is 0.0673. The molecule has 1 amide bonds. The van der Waals surface area contributed by atoms with E-state index < -0.39 is 11.9 Å². The molecule has 2 aliphatic rings. The van der Waals surface area contributed by atoms with Gasteiger partial charge in [-0.05, 0) is 39.3 Å². The highest BCUT2D eigenvalue weighted by Crippen LogP contribution is 2.39. The van der Waals surface area contributed by atoms with E-state index in [9.17, 15) is 14.7 Å². The van der Waals surface area contributed by atoms with Crippen molar-refractivity contribution in [2.24, 2.45) is 17.8 Å². The average molecular weight is 282 g/mol. The average Bonchev–Trinajstić information content (AvgIpc) is 3.04. The summed E-state index contributed by atoms with van der Waals surface area (Å²) in [7, 11) is 4.06. The molecule has 4 atom stereocenters. The lowest BCUT2D eigenvalue weighted by atomic mass is 9.95. The number of hydrogen-bond donors (Lipinski definition) is 1. The summed E-state index contributed by atoms with van der Waals surface area (Å²) >= 11 is 0. The van der Waals surface area contributed by atoms with Crippen LogP contribution in [0.3, 0.4) is 0 Å². The SMILES string of the molecule is CCC1CC(C(=O)O)C(C(=O)N2CCC(N(C)C)C2)C1. The van der Waals surface area contributed by atoms with Gasteiger partial charge in [0.2, 0.25) is 5.91 Å². The van der Waals surface area contributed by atoms with Gasteiger partial charge in [0.15, 0.2) is 0 Å². The van der Waals surface area contributed by atoms with E-state index >= 15 is 0 Å². The fourth-order valence-electron chi connectivity index (χ4n) is 3.62. The van der Waals surface area contributed by atoms with Crippen LogP contribution in [0.1, 0.15) is 32.6 Å². The third kappa shape index (κ3) is 2.97. The molecule has 0 spiro atoms. The van der Waals surface area contributed by atoms with Gasteiger partial charge in [0.25, 0.3) is 0 Å². The van der Waals surface area contributed by atoms with Crippen molar-refractivity contribution < 1.29 is 14.7 Å². The molecule has 0 aromatic heterocycles. The van der Waals surface area contributed by atoms with Crippen molar-refractivity contribution in [3.05, 3.63) is 0 Å². The van der Waals surface area contributed by atoms with Crippen LogP contribution in [0, 0.1) is 17.8 Å². The van der Waals surface area contributed by atoms with Gasteiger partial charge in [-0.1, -0.05) is 13.3 Å². The molecule has 0 aromatic carbocycles. The molecule has 5 heteroatoms. The Balaban J connectivity index is 2.02. The van der Waals surface area contributed by atoms with E-state index in [1.807, 2.05) is 19.0 Å². The number of likely N-dealkylation sites (tertiary alicyclic amines) is 1. The van der Waals surface area contributed by atoms with Crippen LogP contribution in [0.4, 0.5) is 0 Å². The van der Waals surface area contributed by atoms with Gasteiger partial charge in [0.1, 0.15) is 0 Å². The molecule has 1 aliphatic heterocycles. The van der Waals surface area contributed by atoms with E-state index in [0.29, 0.717) is 18.4 Å². The second-order valence-electron chi connectivity index (χ2n) is 6.49. The molecule has 1 saturated carbocycles. The molecule has 1 heterocycles. The Morgan fingerprint density at radius 1 is 1.25 bits per heavy atom. The molecule has 4 unspecified atom stereocenters. The van der Waals surface area contributed by atoms with Crippen molar-refractivity contribution >= 4 is 11.9 Å². The topological polar surface area (TPSA) is 60.9 Å². The van der Waals surface area contributed by atoms with Crippen LogP contribution in [-0.4, -0.2) is 60.0 Å². The summed E-state index contributed by atoms with van der Waals surface area (Å²) < 4.78 is 0. The number of rotatable bonds is 4. The second-order valence-corrected chi connectivity index (χ2v) is 6.49. The number of carbonyl (C=O) groups excluding carboxylic acids is 1. The monoisotopic (exact) mass is 282 g/mol. The Kier molecular flexibility index (Phi) is 4.68. The number of carbonyl (C=O) groups is 2. The van der Waals surface area contributed by atoms with Gasteiger partial charge in [-0.3, -0.25) is 9.59 Å². The maximum atomic E-state index is 12.6. The van der Waals surface area contributed by atoms with Gasteiger partial charge in [-0.2, -0.15) is 0 Å². The molecule has 1 saturated heterocycles. The minimum Gasteiger partial charge on any atom is -0.481 e. The van der Waals surface area contributed by atoms with Gasteiger partial charge in [0.05, 0.1) is 11.8 Å². The summed E-state index contributed by atoms with van der Waals surface area (Å²) in [6.45, 7) is 3.58. The molecular weight excluding hydrogens is 256 g/mol. The number of carboxylic acids is 1. The molecule has 5 nitrogen and oxygen atoms in total.